The van der Waals surface area contributed by atoms with Crippen LogP contribution in [0.5, 0.6) is 0 Å². The lowest BCUT2D eigenvalue weighted by molar-refractivity contribution is -0.140. The number of piperidine rings is 2. The lowest BCUT2D eigenvalue weighted by atomic mass is 9.83. The molecule has 1 aromatic carbocycles. The zero-order valence-corrected chi connectivity index (χ0v) is 13.9. The van der Waals surface area contributed by atoms with Gasteiger partial charge in [0.1, 0.15) is 0 Å². The van der Waals surface area contributed by atoms with Crippen molar-refractivity contribution in [2.45, 2.75) is 31.9 Å². The first-order valence-corrected chi connectivity index (χ1v) is 8.62. The minimum Gasteiger partial charge on any atom is -0.392 e. The zero-order chi connectivity index (χ0) is 17.1. The van der Waals surface area contributed by atoms with E-state index in [0.717, 1.165) is 18.4 Å². The smallest absolute Gasteiger partial charge is 0.253 e. The van der Waals surface area contributed by atoms with Crippen LogP contribution in [0.1, 0.15) is 35.2 Å². The summed E-state index contributed by atoms with van der Waals surface area (Å²) in [6, 6.07) is 7.32. The Balaban J connectivity index is 1.68. The molecule has 2 aliphatic heterocycles. The van der Waals surface area contributed by atoms with Crippen LogP contribution in [0, 0.1) is 5.92 Å². The second-order valence-electron chi connectivity index (χ2n) is 6.64. The van der Waals surface area contributed by atoms with Crippen molar-refractivity contribution in [3.05, 3.63) is 35.4 Å². The van der Waals surface area contributed by atoms with Crippen LogP contribution in [0.4, 0.5) is 0 Å². The molecule has 0 saturated carbocycles. The molecule has 0 radical (unpaired) electrons. The Bertz CT molecular complexity index is 602. The third-order valence-electron chi connectivity index (χ3n) is 5.18. The summed E-state index contributed by atoms with van der Waals surface area (Å²) in [6.45, 7) is 2.42. The molecule has 1 aromatic rings. The number of aliphatic hydroxyl groups excluding tert-OH is 1. The van der Waals surface area contributed by atoms with Crippen LogP contribution in [-0.4, -0.2) is 58.9 Å². The van der Waals surface area contributed by atoms with Crippen LogP contribution in [0.25, 0.3) is 0 Å². The molecule has 0 spiro atoms. The SMILES string of the molecule is NCCN1C(=O)CC[C@H]2CN(C(=O)c3ccc(CO)cc3)CC[C@H]21. The molecule has 3 rings (SSSR count). The summed E-state index contributed by atoms with van der Waals surface area (Å²) in [6.07, 6.45) is 2.21. The Morgan fingerprint density at radius 3 is 2.67 bits per heavy atom. The summed E-state index contributed by atoms with van der Waals surface area (Å²) in [5.41, 5.74) is 7.09. The summed E-state index contributed by atoms with van der Waals surface area (Å²) >= 11 is 0. The summed E-state index contributed by atoms with van der Waals surface area (Å²) in [5, 5.41) is 9.10. The van der Waals surface area contributed by atoms with E-state index in [0.29, 0.717) is 44.1 Å². The molecule has 2 heterocycles. The monoisotopic (exact) mass is 331 g/mol. The van der Waals surface area contributed by atoms with E-state index in [2.05, 4.69) is 0 Å². The fourth-order valence-electron chi connectivity index (χ4n) is 3.90. The van der Waals surface area contributed by atoms with Crippen molar-refractivity contribution in [1.82, 2.24) is 9.80 Å². The lowest BCUT2D eigenvalue weighted by Crippen LogP contribution is -2.57. The maximum absolute atomic E-state index is 12.7. The van der Waals surface area contributed by atoms with Crippen LogP contribution in [-0.2, 0) is 11.4 Å². The van der Waals surface area contributed by atoms with Gasteiger partial charge in [-0.1, -0.05) is 12.1 Å². The summed E-state index contributed by atoms with van der Waals surface area (Å²) in [5.74, 6) is 0.560. The molecular formula is C18H25N3O3. The number of carbonyl (C=O) groups excluding carboxylic acids is 2. The Labute approximate surface area is 142 Å². The third kappa shape index (κ3) is 3.30. The van der Waals surface area contributed by atoms with Crippen molar-refractivity contribution >= 4 is 11.8 Å². The first-order valence-electron chi connectivity index (χ1n) is 8.62. The van der Waals surface area contributed by atoms with Crippen LogP contribution in [0.2, 0.25) is 0 Å². The molecule has 0 bridgehead atoms. The van der Waals surface area contributed by atoms with Crippen molar-refractivity contribution < 1.29 is 14.7 Å². The van der Waals surface area contributed by atoms with Crippen LogP contribution < -0.4 is 5.73 Å². The van der Waals surface area contributed by atoms with Crippen molar-refractivity contribution in [1.29, 1.82) is 0 Å². The Hall–Kier alpha value is -1.92. The number of fused-ring (bicyclic) bond motifs is 1. The van der Waals surface area contributed by atoms with E-state index in [9.17, 15) is 9.59 Å². The number of benzene rings is 1. The fourth-order valence-corrected chi connectivity index (χ4v) is 3.90. The summed E-state index contributed by atoms with van der Waals surface area (Å²) < 4.78 is 0. The van der Waals surface area contributed by atoms with Crippen molar-refractivity contribution in [2.24, 2.45) is 11.7 Å². The van der Waals surface area contributed by atoms with Gasteiger partial charge in [-0.2, -0.15) is 0 Å². The molecule has 6 heteroatoms. The average Bonchev–Trinajstić information content (AvgIpc) is 2.63. The number of hydrogen-bond acceptors (Lipinski definition) is 4. The highest BCUT2D eigenvalue weighted by molar-refractivity contribution is 5.94. The lowest BCUT2D eigenvalue weighted by Gasteiger charge is -2.47. The standard InChI is InChI=1S/C18H25N3O3/c19-8-10-21-16-7-9-20(11-15(16)5-6-17(21)23)18(24)14-3-1-13(12-22)2-4-14/h1-4,15-16,22H,5-12,19H2/t15-,16+/m0/s1. The van der Waals surface area contributed by atoms with Crippen LogP contribution >= 0.6 is 0 Å². The topological polar surface area (TPSA) is 86.9 Å². The summed E-state index contributed by atoms with van der Waals surface area (Å²) in [4.78, 5) is 28.6. The number of likely N-dealkylation sites (tertiary alicyclic amines) is 2. The van der Waals surface area contributed by atoms with E-state index in [1.54, 1.807) is 24.3 Å². The van der Waals surface area contributed by atoms with Gasteiger partial charge in [-0.3, -0.25) is 9.59 Å². The van der Waals surface area contributed by atoms with Crippen molar-refractivity contribution in [3.8, 4) is 0 Å². The van der Waals surface area contributed by atoms with E-state index in [1.165, 1.54) is 0 Å². The molecule has 2 amide bonds. The van der Waals surface area contributed by atoms with E-state index in [4.69, 9.17) is 10.8 Å². The van der Waals surface area contributed by atoms with Crippen molar-refractivity contribution in [2.75, 3.05) is 26.2 Å². The first kappa shape index (κ1) is 16.9. The minimum atomic E-state index is -0.0209. The second kappa shape index (κ2) is 7.32. The van der Waals surface area contributed by atoms with Crippen molar-refractivity contribution in [3.63, 3.8) is 0 Å². The molecule has 2 atom stereocenters. The van der Waals surface area contributed by atoms with Gasteiger partial charge in [-0.25, -0.2) is 0 Å². The Morgan fingerprint density at radius 1 is 1.25 bits per heavy atom. The molecule has 0 aliphatic carbocycles. The van der Waals surface area contributed by atoms with Gasteiger partial charge in [0.05, 0.1) is 6.61 Å². The number of carbonyl (C=O) groups is 2. The number of hydrogen-bond donors (Lipinski definition) is 2. The normalized spacial score (nSPS) is 24.0. The average molecular weight is 331 g/mol. The number of aliphatic hydroxyl groups is 1. The highest BCUT2D eigenvalue weighted by Gasteiger charge is 2.40. The van der Waals surface area contributed by atoms with Gasteiger partial charge in [0.2, 0.25) is 5.91 Å². The van der Waals surface area contributed by atoms with Gasteiger partial charge in [0.25, 0.3) is 5.91 Å². The zero-order valence-electron chi connectivity index (χ0n) is 13.9. The van der Waals surface area contributed by atoms with Crippen LogP contribution in [0.15, 0.2) is 24.3 Å². The largest absolute Gasteiger partial charge is 0.392 e. The number of rotatable bonds is 4. The first-order chi connectivity index (χ1) is 11.6. The highest BCUT2D eigenvalue weighted by Crippen LogP contribution is 2.31. The molecular weight excluding hydrogens is 306 g/mol. The molecule has 0 aromatic heterocycles. The maximum Gasteiger partial charge on any atom is 0.253 e. The van der Waals surface area contributed by atoms with E-state index >= 15 is 0 Å². The van der Waals surface area contributed by atoms with E-state index in [1.807, 2.05) is 9.80 Å². The van der Waals surface area contributed by atoms with Gasteiger partial charge >= 0.3 is 0 Å². The minimum absolute atomic E-state index is 0.0209. The number of nitrogens with zero attached hydrogens (tertiary/aromatic N) is 2. The van der Waals surface area contributed by atoms with Gasteiger partial charge in [-0.05, 0) is 36.5 Å². The second-order valence-corrected chi connectivity index (χ2v) is 6.64. The Morgan fingerprint density at radius 2 is 2.00 bits per heavy atom. The number of amides is 2. The molecule has 3 N–H and O–H groups in total. The maximum atomic E-state index is 12.7. The predicted octanol–water partition coefficient (Wildman–Crippen LogP) is 0.591. The van der Waals surface area contributed by atoms with Gasteiger partial charge < -0.3 is 20.6 Å². The van der Waals surface area contributed by atoms with Gasteiger partial charge in [0, 0.05) is 44.2 Å². The molecule has 130 valence electrons. The third-order valence-corrected chi connectivity index (χ3v) is 5.18. The molecule has 2 aliphatic rings. The fraction of sp³-hybridized carbons (Fsp3) is 0.556. The van der Waals surface area contributed by atoms with Gasteiger partial charge in [0.15, 0.2) is 0 Å². The highest BCUT2D eigenvalue weighted by atomic mass is 16.3. The summed E-state index contributed by atoms with van der Waals surface area (Å²) in [7, 11) is 0. The van der Waals surface area contributed by atoms with E-state index in [-0.39, 0.29) is 24.5 Å². The molecule has 24 heavy (non-hydrogen) atoms. The predicted molar refractivity (Wildman–Crippen MR) is 90.2 cm³/mol. The van der Waals surface area contributed by atoms with Crippen LogP contribution in [0.3, 0.4) is 0 Å². The van der Waals surface area contributed by atoms with E-state index < -0.39 is 0 Å². The quantitative estimate of drug-likeness (QED) is 0.845. The molecule has 6 nitrogen and oxygen atoms in total. The molecule has 0 unspecified atom stereocenters. The number of nitrogens with two attached hydrogens (primary N) is 1. The molecule has 2 fully saturated rings. The van der Waals surface area contributed by atoms with Gasteiger partial charge in [-0.15, -0.1) is 0 Å². The Kier molecular flexibility index (Phi) is 5.16. The molecule has 2 saturated heterocycles.